The third kappa shape index (κ3) is 6.58. The molecule has 2 rings (SSSR count). The van der Waals surface area contributed by atoms with E-state index in [0.29, 0.717) is 25.0 Å². The summed E-state index contributed by atoms with van der Waals surface area (Å²) in [6, 6.07) is 7.97. The predicted molar refractivity (Wildman–Crippen MR) is 105 cm³/mol. The zero-order chi connectivity index (χ0) is 18.8. The minimum absolute atomic E-state index is 0.133. The molecule has 1 fully saturated rings. The van der Waals surface area contributed by atoms with Crippen molar-refractivity contribution in [2.45, 2.75) is 40.2 Å². The van der Waals surface area contributed by atoms with Crippen molar-refractivity contribution >= 4 is 11.9 Å². The maximum atomic E-state index is 12.2. The fourth-order valence-corrected chi connectivity index (χ4v) is 2.78. The normalized spacial score (nSPS) is 14.6. The van der Waals surface area contributed by atoms with E-state index in [1.807, 2.05) is 36.1 Å². The van der Waals surface area contributed by atoms with Gasteiger partial charge in [0.15, 0.2) is 5.96 Å². The largest absolute Gasteiger partial charge is 0.493 e. The van der Waals surface area contributed by atoms with Gasteiger partial charge >= 0.3 is 0 Å². The minimum Gasteiger partial charge on any atom is -0.493 e. The Morgan fingerprint density at radius 2 is 1.96 bits per heavy atom. The smallest absolute Gasteiger partial charge is 0.241 e. The van der Waals surface area contributed by atoms with Crippen molar-refractivity contribution in [1.82, 2.24) is 15.5 Å². The first-order chi connectivity index (χ1) is 12.6. The lowest BCUT2D eigenvalue weighted by Gasteiger charge is -2.17. The maximum absolute atomic E-state index is 12.2. The molecule has 144 valence electrons. The number of ether oxygens (including phenoxy) is 1. The number of hydrogen-bond donors (Lipinski definition) is 2. The summed E-state index contributed by atoms with van der Waals surface area (Å²) < 4.78 is 5.89. The number of amides is 1. The Bertz CT molecular complexity index is 595. The van der Waals surface area contributed by atoms with Crippen molar-refractivity contribution in [3.05, 3.63) is 29.8 Å². The van der Waals surface area contributed by atoms with Gasteiger partial charge in [0.1, 0.15) is 5.75 Å². The molecule has 26 heavy (non-hydrogen) atoms. The topological polar surface area (TPSA) is 66.0 Å². The molecule has 1 aliphatic rings. The Hall–Kier alpha value is -2.24. The summed E-state index contributed by atoms with van der Waals surface area (Å²) in [5.74, 6) is 2.13. The highest BCUT2D eigenvalue weighted by molar-refractivity contribution is 5.86. The first-order valence-electron chi connectivity index (χ1n) is 9.60. The van der Waals surface area contributed by atoms with Gasteiger partial charge < -0.3 is 20.3 Å². The highest BCUT2D eigenvalue weighted by Crippen LogP contribution is 2.19. The quantitative estimate of drug-likeness (QED) is 0.552. The summed E-state index contributed by atoms with van der Waals surface area (Å²) in [4.78, 5) is 18.7. The van der Waals surface area contributed by atoms with Crippen LogP contribution in [0, 0.1) is 5.92 Å². The van der Waals surface area contributed by atoms with Crippen LogP contribution in [0.25, 0.3) is 0 Å². The highest BCUT2D eigenvalue weighted by atomic mass is 16.5. The summed E-state index contributed by atoms with van der Waals surface area (Å²) >= 11 is 0. The molecular formula is C20H32N4O2. The first kappa shape index (κ1) is 20.1. The van der Waals surface area contributed by atoms with Crippen LogP contribution in [0.4, 0.5) is 0 Å². The third-order valence-electron chi connectivity index (χ3n) is 4.16. The van der Waals surface area contributed by atoms with Crippen LogP contribution in [0.2, 0.25) is 0 Å². The number of likely N-dealkylation sites (tertiary alicyclic amines) is 1. The van der Waals surface area contributed by atoms with Crippen LogP contribution in [-0.2, 0) is 11.3 Å². The van der Waals surface area contributed by atoms with E-state index in [0.717, 1.165) is 43.8 Å². The van der Waals surface area contributed by atoms with E-state index >= 15 is 0 Å². The van der Waals surface area contributed by atoms with E-state index in [4.69, 9.17) is 4.74 Å². The van der Waals surface area contributed by atoms with Crippen molar-refractivity contribution in [2.75, 3.05) is 32.8 Å². The average molecular weight is 361 g/mol. The molecule has 1 amide bonds. The second-order valence-corrected chi connectivity index (χ2v) is 6.95. The zero-order valence-corrected chi connectivity index (χ0v) is 16.3. The second kappa shape index (κ2) is 10.7. The SMILES string of the molecule is CCNC(=NCc1ccccc1OCC(C)C)NCC(=O)N1CCCC1. The molecule has 0 bridgehead atoms. The molecule has 2 N–H and O–H groups in total. The van der Waals surface area contributed by atoms with Gasteiger partial charge in [-0.3, -0.25) is 4.79 Å². The van der Waals surface area contributed by atoms with Gasteiger partial charge in [0.05, 0.1) is 19.7 Å². The van der Waals surface area contributed by atoms with Crippen LogP contribution in [0.3, 0.4) is 0 Å². The maximum Gasteiger partial charge on any atom is 0.241 e. The number of aliphatic imine (C=N–C) groups is 1. The third-order valence-corrected chi connectivity index (χ3v) is 4.16. The molecule has 0 radical (unpaired) electrons. The van der Waals surface area contributed by atoms with E-state index in [1.165, 1.54) is 0 Å². The molecule has 0 unspecified atom stereocenters. The molecule has 0 aliphatic carbocycles. The van der Waals surface area contributed by atoms with Gasteiger partial charge in [-0.1, -0.05) is 32.0 Å². The zero-order valence-electron chi connectivity index (χ0n) is 16.3. The van der Waals surface area contributed by atoms with Gasteiger partial charge in [-0.2, -0.15) is 0 Å². The van der Waals surface area contributed by atoms with Gasteiger partial charge in [0.2, 0.25) is 5.91 Å². The monoisotopic (exact) mass is 360 g/mol. The van der Waals surface area contributed by atoms with Crippen LogP contribution < -0.4 is 15.4 Å². The Morgan fingerprint density at radius 3 is 2.65 bits per heavy atom. The Kier molecular flexibility index (Phi) is 8.25. The highest BCUT2D eigenvalue weighted by Gasteiger charge is 2.17. The molecule has 1 aromatic carbocycles. The van der Waals surface area contributed by atoms with Crippen molar-refractivity contribution in [3.8, 4) is 5.75 Å². The summed E-state index contributed by atoms with van der Waals surface area (Å²) in [6.07, 6.45) is 2.21. The fraction of sp³-hybridized carbons (Fsp3) is 0.600. The first-order valence-corrected chi connectivity index (χ1v) is 9.60. The molecule has 0 saturated carbocycles. The van der Waals surface area contributed by atoms with Crippen LogP contribution in [0.1, 0.15) is 39.2 Å². The molecule has 6 heteroatoms. The summed E-state index contributed by atoms with van der Waals surface area (Å²) in [5, 5.41) is 6.34. The average Bonchev–Trinajstić information content (AvgIpc) is 3.17. The number of guanidine groups is 1. The predicted octanol–water partition coefficient (Wildman–Crippen LogP) is 2.40. The lowest BCUT2D eigenvalue weighted by atomic mass is 10.2. The number of benzene rings is 1. The number of carbonyl (C=O) groups is 1. The van der Waals surface area contributed by atoms with E-state index in [9.17, 15) is 4.79 Å². The molecule has 0 aromatic heterocycles. The number of carbonyl (C=O) groups excluding carboxylic acids is 1. The lowest BCUT2D eigenvalue weighted by molar-refractivity contribution is -0.128. The van der Waals surface area contributed by atoms with E-state index in [1.54, 1.807) is 0 Å². The molecule has 1 aromatic rings. The number of nitrogens with zero attached hydrogens (tertiary/aromatic N) is 2. The molecule has 1 saturated heterocycles. The molecular weight excluding hydrogens is 328 g/mol. The Labute approximate surface area is 157 Å². The van der Waals surface area contributed by atoms with Gasteiger partial charge in [0, 0.05) is 25.2 Å². The second-order valence-electron chi connectivity index (χ2n) is 6.95. The molecule has 1 heterocycles. The van der Waals surface area contributed by atoms with Crippen LogP contribution in [-0.4, -0.2) is 49.6 Å². The lowest BCUT2D eigenvalue weighted by Crippen LogP contribution is -2.44. The molecule has 1 aliphatic heterocycles. The number of para-hydroxylation sites is 1. The van der Waals surface area contributed by atoms with Crippen molar-refractivity contribution in [3.63, 3.8) is 0 Å². The van der Waals surface area contributed by atoms with Crippen molar-refractivity contribution in [1.29, 1.82) is 0 Å². The van der Waals surface area contributed by atoms with Gasteiger partial charge in [-0.25, -0.2) is 4.99 Å². The van der Waals surface area contributed by atoms with E-state index < -0.39 is 0 Å². The van der Waals surface area contributed by atoms with Crippen LogP contribution in [0.5, 0.6) is 5.75 Å². The van der Waals surface area contributed by atoms with Gasteiger partial charge in [0.25, 0.3) is 0 Å². The number of hydrogen-bond acceptors (Lipinski definition) is 3. The fourth-order valence-electron chi connectivity index (χ4n) is 2.78. The van der Waals surface area contributed by atoms with Gasteiger partial charge in [-0.15, -0.1) is 0 Å². The van der Waals surface area contributed by atoms with E-state index in [2.05, 4.69) is 29.5 Å². The number of rotatable bonds is 8. The Morgan fingerprint density at radius 1 is 1.23 bits per heavy atom. The number of nitrogens with one attached hydrogen (secondary N) is 2. The van der Waals surface area contributed by atoms with Crippen molar-refractivity contribution in [2.24, 2.45) is 10.9 Å². The standard InChI is InChI=1S/C20H32N4O2/c1-4-21-20(23-14-19(25)24-11-7-8-12-24)22-13-17-9-5-6-10-18(17)26-15-16(2)3/h5-6,9-10,16H,4,7-8,11-15H2,1-3H3,(H2,21,22,23). The molecule has 0 spiro atoms. The van der Waals surface area contributed by atoms with Gasteiger partial charge in [-0.05, 0) is 31.7 Å². The summed E-state index contributed by atoms with van der Waals surface area (Å²) in [7, 11) is 0. The molecule has 0 atom stereocenters. The van der Waals surface area contributed by atoms with Crippen LogP contribution >= 0.6 is 0 Å². The van der Waals surface area contributed by atoms with Crippen molar-refractivity contribution < 1.29 is 9.53 Å². The van der Waals surface area contributed by atoms with E-state index in [-0.39, 0.29) is 12.5 Å². The summed E-state index contributed by atoms with van der Waals surface area (Å²) in [6.45, 7) is 10.2. The van der Waals surface area contributed by atoms with Crippen LogP contribution in [0.15, 0.2) is 29.3 Å². The molecule has 6 nitrogen and oxygen atoms in total. The Balaban J connectivity index is 1.94. The minimum atomic E-state index is 0.133. The summed E-state index contributed by atoms with van der Waals surface area (Å²) in [5.41, 5.74) is 1.04.